The van der Waals surface area contributed by atoms with Crippen molar-refractivity contribution in [1.82, 2.24) is 20.2 Å². The van der Waals surface area contributed by atoms with Crippen LogP contribution in [0.1, 0.15) is 21.5 Å². The number of rotatable bonds is 11. The fourth-order valence-electron chi connectivity index (χ4n) is 3.75. The first kappa shape index (κ1) is 28.8. The lowest BCUT2D eigenvalue weighted by Gasteiger charge is -2.14. The summed E-state index contributed by atoms with van der Waals surface area (Å²) in [6.07, 6.45) is 0. The van der Waals surface area contributed by atoms with Crippen molar-refractivity contribution in [2.24, 2.45) is 0 Å². The fraction of sp³-hybridized carbons (Fsp3) is 0.214. The van der Waals surface area contributed by atoms with Gasteiger partial charge in [0.1, 0.15) is 0 Å². The van der Waals surface area contributed by atoms with Crippen LogP contribution in [0.4, 0.5) is 0 Å². The Kier molecular flexibility index (Phi) is 10.2. The molecule has 1 heterocycles. The van der Waals surface area contributed by atoms with E-state index in [0.29, 0.717) is 46.3 Å². The minimum absolute atomic E-state index is 0.0690. The third-order valence-corrected chi connectivity index (χ3v) is 7.63. The summed E-state index contributed by atoms with van der Waals surface area (Å²) in [6, 6.07) is 19.7. The first-order valence-corrected chi connectivity index (χ1v) is 14.2. The van der Waals surface area contributed by atoms with E-state index in [2.05, 4.69) is 26.6 Å². The summed E-state index contributed by atoms with van der Waals surface area (Å²) in [6.45, 7) is 1.37. The van der Waals surface area contributed by atoms with Gasteiger partial charge in [-0.1, -0.05) is 69.6 Å². The van der Waals surface area contributed by atoms with Gasteiger partial charge in [-0.15, -0.1) is 0 Å². The van der Waals surface area contributed by atoms with E-state index in [9.17, 15) is 14.4 Å². The molecule has 0 saturated heterocycles. The van der Waals surface area contributed by atoms with Gasteiger partial charge in [0.25, 0.3) is 11.5 Å². The van der Waals surface area contributed by atoms with Crippen LogP contribution in [0.2, 0.25) is 5.02 Å². The number of aromatic nitrogens is 2. The molecule has 0 radical (unpaired) electrons. The van der Waals surface area contributed by atoms with E-state index in [-0.39, 0.29) is 29.7 Å². The summed E-state index contributed by atoms with van der Waals surface area (Å²) in [5, 5.41) is 7.11. The van der Waals surface area contributed by atoms with Crippen LogP contribution in [0, 0.1) is 0 Å². The van der Waals surface area contributed by atoms with Gasteiger partial charge in [-0.3, -0.25) is 19.0 Å². The van der Waals surface area contributed by atoms with Gasteiger partial charge in [-0.25, -0.2) is 4.98 Å². The molecule has 1 aromatic heterocycles. The van der Waals surface area contributed by atoms with Crippen molar-refractivity contribution >= 4 is 62.0 Å². The first-order chi connectivity index (χ1) is 18.9. The predicted octanol–water partition coefficient (Wildman–Crippen LogP) is 4.65. The summed E-state index contributed by atoms with van der Waals surface area (Å²) in [4.78, 5) is 43.1. The molecular weight excluding hydrogens is 604 g/mol. The molecule has 4 rings (SSSR count). The van der Waals surface area contributed by atoms with E-state index in [1.807, 2.05) is 24.3 Å². The number of hydrogen-bond donors (Lipinski definition) is 2. The molecule has 2 amide bonds. The van der Waals surface area contributed by atoms with Crippen molar-refractivity contribution in [2.75, 3.05) is 26.0 Å². The second kappa shape index (κ2) is 13.7. The van der Waals surface area contributed by atoms with Gasteiger partial charge in [-0.05, 0) is 47.5 Å². The quantitative estimate of drug-likeness (QED) is 0.142. The van der Waals surface area contributed by atoms with Crippen molar-refractivity contribution in [3.05, 3.63) is 103 Å². The average Bonchev–Trinajstić information content (AvgIpc) is 2.94. The Morgan fingerprint density at radius 1 is 1.08 bits per heavy atom. The average molecular weight is 630 g/mol. The fourth-order valence-corrected chi connectivity index (χ4v) is 5.14. The van der Waals surface area contributed by atoms with Crippen molar-refractivity contribution < 1.29 is 14.3 Å². The number of thioether (sulfide) groups is 1. The van der Waals surface area contributed by atoms with Crippen molar-refractivity contribution in [3.63, 3.8) is 0 Å². The van der Waals surface area contributed by atoms with E-state index >= 15 is 0 Å². The Balaban J connectivity index is 1.53. The zero-order chi connectivity index (χ0) is 27.8. The lowest BCUT2D eigenvalue weighted by atomic mass is 10.1. The molecule has 0 spiro atoms. The molecule has 39 heavy (non-hydrogen) atoms. The normalized spacial score (nSPS) is 10.9. The highest BCUT2D eigenvalue weighted by Crippen LogP contribution is 2.22. The monoisotopic (exact) mass is 628 g/mol. The lowest BCUT2D eigenvalue weighted by molar-refractivity contribution is -0.118. The number of nitrogens with zero attached hydrogens (tertiary/aromatic N) is 2. The first-order valence-electron chi connectivity index (χ1n) is 12.0. The Morgan fingerprint density at radius 3 is 2.59 bits per heavy atom. The summed E-state index contributed by atoms with van der Waals surface area (Å²) in [5.74, 6) is -0.341. The number of carbonyl (C=O) groups excluding carboxylic acids is 2. The topological polar surface area (TPSA) is 102 Å². The van der Waals surface area contributed by atoms with Crippen LogP contribution < -0.4 is 16.2 Å². The Morgan fingerprint density at radius 2 is 1.85 bits per heavy atom. The highest BCUT2D eigenvalue weighted by Gasteiger charge is 2.15. The van der Waals surface area contributed by atoms with E-state index in [0.717, 1.165) is 15.6 Å². The van der Waals surface area contributed by atoms with Gasteiger partial charge >= 0.3 is 0 Å². The van der Waals surface area contributed by atoms with Crippen LogP contribution >= 0.6 is 39.3 Å². The molecule has 0 aliphatic carbocycles. The zero-order valence-corrected chi connectivity index (χ0v) is 24.2. The van der Waals surface area contributed by atoms with Crippen molar-refractivity contribution in [2.45, 2.75) is 18.2 Å². The number of nitrogens with one attached hydrogen (secondary N) is 2. The molecule has 0 saturated carbocycles. The van der Waals surface area contributed by atoms with Crippen LogP contribution in [0.3, 0.4) is 0 Å². The molecule has 4 aromatic rings. The van der Waals surface area contributed by atoms with E-state index in [4.69, 9.17) is 21.3 Å². The second-order valence-corrected chi connectivity index (χ2v) is 10.8. The largest absolute Gasteiger partial charge is 0.383 e. The molecule has 0 atom stereocenters. The Hall–Kier alpha value is -3.18. The molecule has 3 aromatic carbocycles. The number of halogens is 2. The van der Waals surface area contributed by atoms with Crippen molar-refractivity contribution in [3.8, 4) is 0 Å². The molecule has 8 nitrogen and oxygen atoms in total. The number of methoxy groups -OCH3 is 1. The smallest absolute Gasteiger partial charge is 0.262 e. The van der Waals surface area contributed by atoms with Crippen LogP contribution in [0.25, 0.3) is 10.9 Å². The third kappa shape index (κ3) is 7.69. The SMILES string of the molecule is COCCNC(=O)c1ccc(Cn2c(SCC(=O)NCc3ccccc3Cl)nc3ccc(Br)cc3c2=O)cc1. The zero-order valence-electron chi connectivity index (χ0n) is 21.1. The van der Waals surface area contributed by atoms with Crippen molar-refractivity contribution in [1.29, 1.82) is 0 Å². The number of benzene rings is 3. The van der Waals surface area contributed by atoms with Gasteiger partial charge < -0.3 is 15.4 Å². The number of fused-ring (bicyclic) bond motifs is 1. The summed E-state index contributed by atoms with van der Waals surface area (Å²) < 4.78 is 7.28. The molecular formula is C28H26BrClN4O4S. The molecule has 0 fully saturated rings. The van der Waals surface area contributed by atoms with Gasteiger partial charge in [-0.2, -0.15) is 0 Å². The van der Waals surface area contributed by atoms with Crippen LogP contribution in [-0.2, 0) is 22.6 Å². The molecule has 11 heteroatoms. The Bertz CT molecular complexity index is 1550. The van der Waals surface area contributed by atoms with Gasteiger partial charge in [0, 0.05) is 35.3 Å². The van der Waals surface area contributed by atoms with Crippen LogP contribution in [0.15, 0.2) is 81.2 Å². The minimum Gasteiger partial charge on any atom is -0.383 e. The maximum absolute atomic E-state index is 13.5. The summed E-state index contributed by atoms with van der Waals surface area (Å²) in [7, 11) is 1.57. The Labute approximate surface area is 243 Å². The molecule has 0 unspecified atom stereocenters. The summed E-state index contributed by atoms with van der Waals surface area (Å²) >= 11 is 10.8. The number of ether oxygens (including phenoxy) is 1. The maximum Gasteiger partial charge on any atom is 0.262 e. The van der Waals surface area contributed by atoms with Gasteiger partial charge in [0.05, 0.1) is 29.8 Å². The third-order valence-electron chi connectivity index (χ3n) is 5.80. The molecule has 0 bridgehead atoms. The summed E-state index contributed by atoms with van der Waals surface area (Å²) in [5.41, 5.74) is 2.46. The number of hydrogen-bond acceptors (Lipinski definition) is 6. The van der Waals surface area contributed by atoms with Crippen LogP contribution in [-0.4, -0.2) is 47.4 Å². The van der Waals surface area contributed by atoms with Crippen LogP contribution in [0.5, 0.6) is 0 Å². The molecule has 0 aliphatic heterocycles. The number of carbonyl (C=O) groups is 2. The minimum atomic E-state index is -0.221. The molecule has 202 valence electrons. The highest BCUT2D eigenvalue weighted by molar-refractivity contribution is 9.10. The van der Waals surface area contributed by atoms with Gasteiger partial charge in [0.2, 0.25) is 5.91 Å². The van der Waals surface area contributed by atoms with E-state index < -0.39 is 0 Å². The molecule has 0 aliphatic rings. The lowest BCUT2D eigenvalue weighted by Crippen LogP contribution is -2.27. The number of amides is 2. The maximum atomic E-state index is 13.5. The van der Waals surface area contributed by atoms with E-state index in [1.165, 1.54) is 11.8 Å². The van der Waals surface area contributed by atoms with Gasteiger partial charge in [0.15, 0.2) is 5.16 Å². The standard InChI is InChI=1S/C28H26BrClN4O4S/c1-38-13-12-31-26(36)19-8-6-18(7-9-19)16-34-27(37)22-14-21(29)10-11-24(22)33-28(34)39-17-25(35)32-15-20-4-2-3-5-23(20)30/h2-11,14H,12-13,15-17H2,1H3,(H,31,36)(H,32,35). The second-order valence-electron chi connectivity index (χ2n) is 8.55. The highest BCUT2D eigenvalue weighted by atomic mass is 79.9. The predicted molar refractivity (Wildman–Crippen MR) is 157 cm³/mol. The molecule has 2 N–H and O–H groups in total. The van der Waals surface area contributed by atoms with E-state index in [1.54, 1.807) is 54.1 Å².